The summed E-state index contributed by atoms with van der Waals surface area (Å²) in [5.41, 5.74) is 2.51. The fourth-order valence-corrected chi connectivity index (χ4v) is 8.26. The lowest BCUT2D eigenvalue weighted by Gasteiger charge is -2.32. The van der Waals surface area contributed by atoms with Gasteiger partial charge in [-0.3, -0.25) is 9.59 Å². The third kappa shape index (κ3) is 12.2. The Balaban J connectivity index is 0.000000160. The van der Waals surface area contributed by atoms with Crippen molar-refractivity contribution in [2.45, 2.75) is 77.7 Å². The molecular weight excluding hydrogens is 1060 g/mol. The van der Waals surface area contributed by atoms with Crippen LogP contribution in [0.25, 0.3) is 34.2 Å². The first-order valence-electron chi connectivity index (χ1n) is 24.0. The Labute approximate surface area is 441 Å². The number of carbonyl (C=O) groups excluding carboxylic acids is 2. The molecule has 11 rings (SSSR count). The van der Waals surface area contributed by atoms with E-state index in [2.05, 4.69) is 66.9 Å². The average molecular weight is 1100 g/mol. The van der Waals surface area contributed by atoms with Crippen LogP contribution in [0.5, 0.6) is 11.5 Å². The Hall–Kier alpha value is -7.96. The van der Waals surface area contributed by atoms with Crippen LogP contribution in [-0.2, 0) is 22.4 Å². The van der Waals surface area contributed by atoms with Gasteiger partial charge in [0, 0.05) is 35.5 Å². The maximum atomic E-state index is 13.7. The maximum Gasteiger partial charge on any atom is 0.494 e. The second-order valence-electron chi connectivity index (χ2n) is 18.5. The summed E-state index contributed by atoms with van der Waals surface area (Å²) >= 11 is 2.93. The zero-order chi connectivity index (χ0) is 53.6. The fraction of sp³-hybridized carbons (Fsp3) is 0.269. The molecule has 2 N–H and O–H groups in total. The molecule has 0 spiro atoms. The number of ether oxygens (including phenoxy) is 2. The third-order valence-corrected chi connectivity index (χ3v) is 13.1. The molecule has 8 aromatic rings. The average Bonchev–Trinajstić information content (AvgIpc) is 4.13. The topological polar surface area (TPSA) is 208 Å². The SMILES string of the molecule is CC1(C)OB(c2ccc3c(c2)C(=O)Nc2cccc(n2)-c2nncn2CCCCO3)OC1(C)C.Fc1cc(Br)cnc1F.O=C1Nc2cccc(n2)-c2nncn2CCCCOc2ccc(-c3cnc(F)c(F)c3)cc21. The van der Waals surface area contributed by atoms with Crippen LogP contribution in [0.4, 0.5) is 29.2 Å². The highest BCUT2D eigenvalue weighted by Gasteiger charge is 2.52. The van der Waals surface area contributed by atoms with E-state index in [-0.39, 0.29) is 11.5 Å². The van der Waals surface area contributed by atoms with Gasteiger partial charge in [-0.05, 0) is 141 Å². The van der Waals surface area contributed by atoms with Crippen molar-refractivity contribution in [3.63, 3.8) is 0 Å². The van der Waals surface area contributed by atoms with Gasteiger partial charge >= 0.3 is 7.12 Å². The van der Waals surface area contributed by atoms with E-state index in [0.29, 0.717) is 87.1 Å². The molecule has 76 heavy (non-hydrogen) atoms. The number of nitrogens with one attached hydrogen (secondary N) is 2. The molecule has 1 fully saturated rings. The Morgan fingerprint density at radius 1 is 0.605 bits per heavy atom. The normalized spacial score (nSPS) is 15.8. The molecule has 0 aliphatic carbocycles. The molecule has 3 aliphatic rings. The van der Waals surface area contributed by atoms with E-state index in [1.165, 1.54) is 12.4 Å². The van der Waals surface area contributed by atoms with Crippen molar-refractivity contribution in [3.05, 3.63) is 149 Å². The predicted octanol–water partition coefficient (Wildman–Crippen LogP) is 9.29. The van der Waals surface area contributed by atoms with Crippen LogP contribution in [0.1, 0.15) is 74.1 Å². The summed E-state index contributed by atoms with van der Waals surface area (Å²) in [5.74, 6) is -2.13. The second kappa shape index (κ2) is 22.9. The number of rotatable bonds is 2. The molecule has 3 aliphatic heterocycles. The summed E-state index contributed by atoms with van der Waals surface area (Å²) in [6.07, 6.45) is 8.98. The van der Waals surface area contributed by atoms with E-state index in [0.717, 1.165) is 49.8 Å². The summed E-state index contributed by atoms with van der Waals surface area (Å²) in [5, 5.41) is 22.1. The highest BCUT2D eigenvalue weighted by Crippen LogP contribution is 2.37. The lowest BCUT2D eigenvalue weighted by molar-refractivity contribution is 0.00578. The zero-order valence-electron chi connectivity index (χ0n) is 41.4. The zero-order valence-corrected chi connectivity index (χ0v) is 43.0. The number of benzene rings is 2. The summed E-state index contributed by atoms with van der Waals surface area (Å²) in [6, 6.07) is 23.1. The van der Waals surface area contributed by atoms with Crippen molar-refractivity contribution in [1.29, 1.82) is 0 Å². The standard InChI is InChI=1S/C24H28BN5O4.C23H18F2N6O2.C5H2BrF2N/c1-23(2)24(3,4)34-25(33-23)16-10-11-19-17(14-16)22(31)28-20-9-7-8-18(27-20)21-29-26-15-30(21)12-5-6-13-32-19;24-17-11-15(12-26-21(17)25)14-6-7-19-16(10-14)23(32)29-20-5-3-4-18(28-20)22-30-27-13-31(22)8-1-2-9-33-19;6-3-1-4(7)5(8)9-2-3/h7-11,14-15H,5-6,12-13H2,1-4H3,(H,27,28,31);3-7,10-13H,1-2,8-9H2,(H,28,29,32);1-2H. The quantitative estimate of drug-likeness (QED) is 0.0940. The van der Waals surface area contributed by atoms with Crippen molar-refractivity contribution in [2.24, 2.45) is 0 Å². The number of aryl methyl sites for hydroxylation is 2. The van der Waals surface area contributed by atoms with Crippen molar-refractivity contribution in [1.82, 2.24) is 49.5 Å². The van der Waals surface area contributed by atoms with Crippen LogP contribution in [0.3, 0.4) is 0 Å². The van der Waals surface area contributed by atoms with Gasteiger partial charge in [0.1, 0.15) is 47.2 Å². The molecule has 1 saturated heterocycles. The van der Waals surface area contributed by atoms with Crippen LogP contribution < -0.4 is 25.6 Å². The summed E-state index contributed by atoms with van der Waals surface area (Å²) in [7, 11) is -0.580. The summed E-state index contributed by atoms with van der Waals surface area (Å²) in [6.45, 7) is 10.3. The largest absolute Gasteiger partial charge is 0.494 e. The number of hydrogen-bond acceptors (Lipinski definition) is 14. The number of aromatic nitrogens is 10. The Bertz CT molecular complexity index is 3400. The lowest BCUT2D eigenvalue weighted by atomic mass is 9.78. The first-order chi connectivity index (χ1) is 36.5. The minimum atomic E-state index is -1.18. The minimum absolute atomic E-state index is 0.240. The van der Waals surface area contributed by atoms with E-state index in [1.807, 2.05) is 61.1 Å². The van der Waals surface area contributed by atoms with Crippen LogP contribution in [0.2, 0.25) is 0 Å². The monoisotopic (exact) mass is 1100 g/mol. The molecule has 18 nitrogen and oxygen atoms in total. The number of nitrogens with zero attached hydrogens (tertiary/aromatic N) is 10. The number of fused-ring (bicyclic) bond motifs is 10. The molecule has 2 amide bonds. The van der Waals surface area contributed by atoms with Gasteiger partial charge in [-0.2, -0.15) is 8.78 Å². The molecule has 9 heterocycles. The van der Waals surface area contributed by atoms with Crippen molar-refractivity contribution < 1.29 is 45.9 Å². The molecular formula is C52H48BBrF4N12O6. The van der Waals surface area contributed by atoms with E-state index in [9.17, 15) is 27.2 Å². The number of hydrogen-bond donors (Lipinski definition) is 2. The molecule has 0 atom stereocenters. The number of halogens is 5. The molecule has 2 aromatic carbocycles. The molecule has 4 bridgehead atoms. The first-order valence-corrected chi connectivity index (χ1v) is 24.8. The van der Waals surface area contributed by atoms with Gasteiger partial charge in [0.05, 0.1) is 35.5 Å². The Kier molecular flexibility index (Phi) is 15.9. The smallest absolute Gasteiger partial charge is 0.493 e. The number of anilines is 2. The van der Waals surface area contributed by atoms with Gasteiger partial charge in [0.2, 0.25) is 11.9 Å². The van der Waals surface area contributed by atoms with Crippen LogP contribution in [-0.4, -0.2) is 92.8 Å². The van der Waals surface area contributed by atoms with Gasteiger partial charge in [-0.15, -0.1) is 20.4 Å². The fourth-order valence-electron chi connectivity index (χ4n) is 7.96. The Morgan fingerprint density at radius 2 is 1.12 bits per heavy atom. The van der Waals surface area contributed by atoms with Crippen molar-refractivity contribution in [3.8, 4) is 45.7 Å². The van der Waals surface area contributed by atoms with Crippen LogP contribution >= 0.6 is 15.9 Å². The van der Waals surface area contributed by atoms with E-state index in [4.69, 9.17) is 18.8 Å². The van der Waals surface area contributed by atoms with E-state index < -0.39 is 47.8 Å². The highest BCUT2D eigenvalue weighted by atomic mass is 79.9. The molecule has 24 heteroatoms. The van der Waals surface area contributed by atoms with E-state index >= 15 is 0 Å². The van der Waals surface area contributed by atoms with Gasteiger partial charge in [0.15, 0.2) is 23.3 Å². The van der Waals surface area contributed by atoms with Gasteiger partial charge < -0.3 is 38.6 Å². The number of pyridine rings is 4. The number of amides is 2. The highest BCUT2D eigenvalue weighted by molar-refractivity contribution is 9.10. The molecule has 6 aromatic heterocycles. The second-order valence-corrected chi connectivity index (χ2v) is 19.4. The summed E-state index contributed by atoms with van der Waals surface area (Å²) < 4.78 is 79.6. The minimum Gasteiger partial charge on any atom is -0.493 e. The predicted molar refractivity (Wildman–Crippen MR) is 275 cm³/mol. The van der Waals surface area contributed by atoms with E-state index in [1.54, 1.807) is 61.2 Å². The van der Waals surface area contributed by atoms with Crippen LogP contribution in [0.15, 0.2) is 114 Å². The number of carbonyl (C=O) groups is 2. The molecule has 390 valence electrons. The van der Waals surface area contributed by atoms with Gasteiger partial charge in [-0.25, -0.2) is 28.7 Å². The first kappa shape index (κ1) is 52.9. The maximum absolute atomic E-state index is 13.7. The lowest BCUT2D eigenvalue weighted by Crippen LogP contribution is -2.41. The molecule has 0 radical (unpaired) electrons. The van der Waals surface area contributed by atoms with Crippen LogP contribution in [0, 0.1) is 23.5 Å². The Morgan fingerprint density at radius 3 is 1.64 bits per heavy atom. The molecule has 0 unspecified atom stereocenters. The van der Waals surface area contributed by atoms with Crippen molar-refractivity contribution in [2.75, 3.05) is 23.8 Å². The third-order valence-electron chi connectivity index (χ3n) is 12.7. The summed E-state index contributed by atoms with van der Waals surface area (Å²) in [4.78, 5) is 42.1. The van der Waals surface area contributed by atoms with Crippen molar-refractivity contribution >= 4 is 52.0 Å². The van der Waals surface area contributed by atoms with Gasteiger partial charge in [0.25, 0.3) is 11.8 Å². The molecule has 0 saturated carbocycles. The van der Waals surface area contributed by atoms with Gasteiger partial charge in [-0.1, -0.05) is 24.3 Å².